The third-order valence-corrected chi connectivity index (χ3v) is 5.94. The molecule has 0 unspecified atom stereocenters. The van der Waals surface area contributed by atoms with Crippen LogP contribution in [0.15, 0.2) is 24.3 Å². The van der Waals surface area contributed by atoms with Gasteiger partial charge in [-0.1, -0.05) is 62.6 Å². The van der Waals surface area contributed by atoms with Crippen molar-refractivity contribution in [3.05, 3.63) is 29.8 Å². The van der Waals surface area contributed by atoms with Crippen LogP contribution in [0.3, 0.4) is 0 Å². The van der Waals surface area contributed by atoms with Crippen molar-refractivity contribution in [1.29, 1.82) is 0 Å². The lowest BCUT2D eigenvalue weighted by Crippen LogP contribution is -2.50. The quantitative estimate of drug-likeness (QED) is 0.772. The van der Waals surface area contributed by atoms with Crippen molar-refractivity contribution in [2.45, 2.75) is 64.7 Å². The first-order valence-corrected chi connectivity index (χ1v) is 10.3. The smallest absolute Gasteiger partial charge is 0.225 e. The van der Waals surface area contributed by atoms with Gasteiger partial charge in [0.1, 0.15) is 0 Å². The lowest BCUT2D eigenvalue weighted by Gasteiger charge is -2.38. The molecule has 1 saturated heterocycles. The number of piperazine rings is 1. The molecule has 138 valence electrons. The number of benzene rings is 1. The van der Waals surface area contributed by atoms with Gasteiger partial charge < -0.3 is 9.80 Å². The molecule has 1 aromatic carbocycles. The molecule has 1 aliphatic carbocycles. The van der Waals surface area contributed by atoms with Crippen molar-refractivity contribution in [2.24, 2.45) is 5.92 Å². The van der Waals surface area contributed by atoms with Crippen molar-refractivity contribution < 1.29 is 4.79 Å². The molecular formula is C22H34N2O. The van der Waals surface area contributed by atoms with E-state index in [1.165, 1.54) is 56.2 Å². The van der Waals surface area contributed by atoms with Crippen molar-refractivity contribution in [1.82, 2.24) is 4.90 Å². The van der Waals surface area contributed by atoms with E-state index in [-0.39, 0.29) is 5.92 Å². The fraction of sp³-hybridized carbons (Fsp3) is 0.682. The van der Waals surface area contributed by atoms with Gasteiger partial charge in [-0.2, -0.15) is 0 Å². The van der Waals surface area contributed by atoms with Gasteiger partial charge in [0, 0.05) is 37.8 Å². The highest BCUT2D eigenvalue weighted by atomic mass is 16.2. The van der Waals surface area contributed by atoms with Gasteiger partial charge >= 0.3 is 0 Å². The number of nitrogens with zero attached hydrogens (tertiary/aromatic N) is 2. The Hall–Kier alpha value is -1.51. The van der Waals surface area contributed by atoms with Gasteiger partial charge in [0.25, 0.3) is 0 Å². The first-order chi connectivity index (χ1) is 12.2. The van der Waals surface area contributed by atoms with Crippen LogP contribution in [0.25, 0.3) is 0 Å². The van der Waals surface area contributed by atoms with Crippen molar-refractivity contribution in [3.63, 3.8) is 0 Å². The lowest BCUT2D eigenvalue weighted by molar-refractivity contribution is -0.136. The number of carbonyl (C=O) groups excluding carboxylic acids is 1. The van der Waals surface area contributed by atoms with Crippen LogP contribution in [0.1, 0.15) is 63.4 Å². The van der Waals surface area contributed by atoms with Crippen LogP contribution >= 0.6 is 0 Å². The Morgan fingerprint density at radius 1 is 0.800 bits per heavy atom. The van der Waals surface area contributed by atoms with Crippen LogP contribution in [0.4, 0.5) is 5.69 Å². The molecule has 2 aliphatic rings. The molecule has 0 aromatic heterocycles. The average molecular weight is 343 g/mol. The first kappa shape index (κ1) is 18.3. The monoisotopic (exact) mass is 342 g/mol. The van der Waals surface area contributed by atoms with Crippen LogP contribution in [-0.2, 0) is 4.79 Å². The molecule has 1 amide bonds. The third-order valence-electron chi connectivity index (χ3n) is 5.94. The number of hydrogen-bond acceptors (Lipinski definition) is 2. The Labute approximate surface area is 153 Å². The summed E-state index contributed by atoms with van der Waals surface area (Å²) in [6.45, 7) is 5.80. The SMILES string of the molecule is Cc1ccc(N2CCN(C(=O)C3CCCCCCCCC3)CC2)cc1. The number of aryl methyl sites for hydroxylation is 1. The zero-order chi connectivity index (χ0) is 17.5. The summed E-state index contributed by atoms with van der Waals surface area (Å²) in [5.41, 5.74) is 2.59. The fourth-order valence-corrected chi connectivity index (χ4v) is 4.26. The number of hydrogen-bond donors (Lipinski definition) is 0. The van der Waals surface area contributed by atoms with E-state index in [0.717, 1.165) is 39.0 Å². The summed E-state index contributed by atoms with van der Waals surface area (Å²) >= 11 is 0. The van der Waals surface area contributed by atoms with Gasteiger partial charge in [-0.05, 0) is 31.9 Å². The summed E-state index contributed by atoms with van der Waals surface area (Å²) in [5, 5.41) is 0. The highest BCUT2D eigenvalue weighted by molar-refractivity contribution is 5.79. The van der Waals surface area contributed by atoms with Gasteiger partial charge in [0.15, 0.2) is 0 Å². The largest absolute Gasteiger partial charge is 0.368 e. The minimum atomic E-state index is 0.282. The Kier molecular flexibility index (Phi) is 6.77. The molecule has 1 aromatic rings. The standard InChI is InChI=1S/C22H34N2O/c1-19-11-13-21(14-12-19)23-15-17-24(18-16-23)22(25)20-9-7-5-3-2-4-6-8-10-20/h11-14,20H,2-10,15-18H2,1H3. The summed E-state index contributed by atoms with van der Waals surface area (Å²) in [6.07, 6.45) is 11.4. The van der Waals surface area contributed by atoms with Crippen LogP contribution in [-0.4, -0.2) is 37.0 Å². The van der Waals surface area contributed by atoms with Gasteiger partial charge in [0.2, 0.25) is 5.91 Å². The number of amides is 1. The maximum absolute atomic E-state index is 13.0. The van der Waals surface area contributed by atoms with E-state index in [1.807, 2.05) is 0 Å². The second-order valence-corrected chi connectivity index (χ2v) is 7.90. The van der Waals surface area contributed by atoms with Crippen molar-refractivity contribution >= 4 is 11.6 Å². The van der Waals surface area contributed by atoms with E-state index in [9.17, 15) is 4.79 Å². The molecule has 3 heteroatoms. The van der Waals surface area contributed by atoms with Gasteiger partial charge in [-0.3, -0.25) is 4.79 Å². The molecule has 25 heavy (non-hydrogen) atoms. The summed E-state index contributed by atoms with van der Waals surface area (Å²) in [7, 11) is 0. The minimum Gasteiger partial charge on any atom is -0.368 e. The molecule has 0 atom stereocenters. The molecule has 1 aliphatic heterocycles. The van der Waals surface area contributed by atoms with E-state index >= 15 is 0 Å². The van der Waals surface area contributed by atoms with Gasteiger partial charge in [0.05, 0.1) is 0 Å². The summed E-state index contributed by atoms with van der Waals surface area (Å²) in [6, 6.07) is 8.75. The number of rotatable bonds is 2. The molecule has 3 nitrogen and oxygen atoms in total. The lowest BCUT2D eigenvalue weighted by atomic mass is 9.91. The summed E-state index contributed by atoms with van der Waals surface area (Å²) < 4.78 is 0. The molecule has 2 fully saturated rings. The Morgan fingerprint density at radius 2 is 1.32 bits per heavy atom. The summed E-state index contributed by atoms with van der Waals surface area (Å²) in [4.78, 5) is 17.6. The maximum Gasteiger partial charge on any atom is 0.225 e. The fourth-order valence-electron chi connectivity index (χ4n) is 4.26. The number of carbonyl (C=O) groups is 1. The Morgan fingerprint density at radius 3 is 1.88 bits per heavy atom. The summed E-state index contributed by atoms with van der Waals surface area (Å²) in [5.74, 6) is 0.716. The Balaban J connectivity index is 1.52. The second-order valence-electron chi connectivity index (χ2n) is 7.90. The number of anilines is 1. The van der Waals surface area contributed by atoms with Crippen LogP contribution in [0.5, 0.6) is 0 Å². The molecule has 0 bridgehead atoms. The van der Waals surface area contributed by atoms with Crippen molar-refractivity contribution in [3.8, 4) is 0 Å². The van der Waals surface area contributed by atoms with E-state index in [2.05, 4.69) is 41.0 Å². The normalized spacial score (nSPS) is 21.2. The highest BCUT2D eigenvalue weighted by Gasteiger charge is 2.27. The average Bonchev–Trinajstić information content (AvgIpc) is 2.66. The van der Waals surface area contributed by atoms with Crippen LogP contribution < -0.4 is 4.90 Å². The molecule has 1 heterocycles. The van der Waals surface area contributed by atoms with Crippen LogP contribution in [0.2, 0.25) is 0 Å². The van der Waals surface area contributed by atoms with Gasteiger partial charge in [-0.15, -0.1) is 0 Å². The van der Waals surface area contributed by atoms with Crippen LogP contribution in [0, 0.1) is 12.8 Å². The maximum atomic E-state index is 13.0. The molecule has 0 radical (unpaired) electrons. The minimum absolute atomic E-state index is 0.282. The van der Waals surface area contributed by atoms with E-state index < -0.39 is 0 Å². The highest BCUT2D eigenvalue weighted by Crippen LogP contribution is 2.24. The van der Waals surface area contributed by atoms with Crippen molar-refractivity contribution in [2.75, 3.05) is 31.1 Å². The van der Waals surface area contributed by atoms with E-state index in [0.29, 0.717) is 5.91 Å². The topological polar surface area (TPSA) is 23.6 Å². The molecule has 0 spiro atoms. The molecular weight excluding hydrogens is 308 g/mol. The van der Waals surface area contributed by atoms with Gasteiger partial charge in [-0.25, -0.2) is 0 Å². The third kappa shape index (κ3) is 5.23. The molecule has 0 N–H and O–H groups in total. The predicted molar refractivity (Wildman–Crippen MR) is 105 cm³/mol. The molecule has 3 rings (SSSR count). The molecule has 1 saturated carbocycles. The first-order valence-electron chi connectivity index (χ1n) is 10.3. The zero-order valence-electron chi connectivity index (χ0n) is 15.9. The zero-order valence-corrected chi connectivity index (χ0v) is 15.9. The predicted octanol–water partition coefficient (Wildman–Crippen LogP) is 4.78. The van der Waals surface area contributed by atoms with E-state index in [1.54, 1.807) is 0 Å². The Bertz CT molecular complexity index is 521. The second kappa shape index (κ2) is 9.26. The van der Waals surface area contributed by atoms with E-state index in [4.69, 9.17) is 0 Å².